The van der Waals surface area contributed by atoms with Gasteiger partial charge >= 0.3 is 0 Å². The topological polar surface area (TPSA) is 65.8 Å². The lowest BCUT2D eigenvalue weighted by molar-refractivity contribution is -0.122. The van der Waals surface area contributed by atoms with Crippen LogP contribution in [0, 0.1) is 0 Å². The number of hydrogen-bond donors (Lipinski definition) is 0. The van der Waals surface area contributed by atoms with Crippen LogP contribution in [0.15, 0.2) is 42.6 Å². The van der Waals surface area contributed by atoms with Crippen molar-refractivity contribution in [3.8, 4) is 17.2 Å². The number of fused-ring (bicyclic) bond motifs is 5. The maximum absolute atomic E-state index is 13.9. The standard InChI is InChI=1S/C22H18ClN3O4/c1-25-19(23)10-24-20(25)11-26-15-5-3-2-4-13(15)22(21(26)27)12-30-16-9-18-17(8-14(16)22)28-6-7-29-18/h2-5,8-10H,6-7,11-12H2,1H3. The van der Waals surface area contributed by atoms with Crippen LogP contribution < -0.4 is 19.1 Å². The Kier molecular flexibility index (Phi) is 3.62. The average Bonchev–Trinajstić information content (AvgIpc) is 3.38. The van der Waals surface area contributed by atoms with Gasteiger partial charge in [-0.1, -0.05) is 29.8 Å². The molecule has 7 nitrogen and oxygen atoms in total. The largest absolute Gasteiger partial charge is 0.491 e. The van der Waals surface area contributed by atoms with Gasteiger partial charge in [0.05, 0.1) is 12.7 Å². The van der Waals surface area contributed by atoms with Crippen molar-refractivity contribution in [1.82, 2.24) is 9.55 Å². The van der Waals surface area contributed by atoms with Gasteiger partial charge in [0.2, 0.25) is 5.91 Å². The molecule has 8 heteroatoms. The van der Waals surface area contributed by atoms with E-state index in [1.165, 1.54) is 0 Å². The molecule has 4 heterocycles. The van der Waals surface area contributed by atoms with Crippen LogP contribution >= 0.6 is 11.6 Å². The number of nitrogens with zero attached hydrogens (tertiary/aromatic N) is 3. The third kappa shape index (κ3) is 2.21. The van der Waals surface area contributed by atoms with E-state index < -0.39 is 5.41 Å². The van der Waals surface area contributed by atoms with E-state index in [1.807, 2.05) is 43.4 Å². The lowest BCUT2D eigenvalue weighted by Gasteiger charge is -2.24. The molecule has 0 saturated carbocycles. The highest BCUT2D eigenvalue weighted by Gasteiger charge is 2.57. The summed E-state index contributed by atoms with van der Waals surface area (Å²) in [6.45, 7) is 1.54. The number of imidazole rings is 1. The van der Waals surface area contributed by atoms with E-state index in [0.29, 0.717) is 48.0 Å². The zero-order chi connectivity index (χ0) is 20.5. The Hall–Kier alpha value is -3.19. The third-order valence-corrected chi connectivity index (χ3v) is 6.49. The molecule has 1 spiro atoms. The molecule has 3 aromatic rings. The number of hydrogen-bond acceptors (Lipinski definition) is 5. The molecule has 3 aliphatic heterocycles. The average molecular weight is 424 g/mol. The van der Waals surface area contributed by atoms with Gasteiger partial charge in [-0.05, 0) is 17.7 Å². The van der Waals surface area contributed by atoms with Crippen LogP contribution in [0.25, 0.3) is 0 Å². The van der Waals surface area contributed by atoms with Gasteiger partial charge in [0, 0.05) is 24.4 Å². The molecule has 2 aromatic carbocycles. The number of halogens is 1. The fourth-order valence-corrected chi connectivity index (χ4v) is 4.73. The number of amides is 1. The lowest BCUT2D eigenvalue weighted by Crippen LogP contribution is -2.42. The minimum absolute atomic E-state index is 0.0433. The Bertz CT molecular complexity index is 1210. The fourth-order valence-electron chi connectivity index (χ4n) is 4.58. The van der Waals surface area contributed by atoms with E-state index in [2.05, 4.69) is 4.98 Å². The van der Waals surface area contributed by atoms with E-state index in [-0.39, 0.29) is 12.5 Å². The van der Waals surface area contributed by atoms with E-state index in [0.717, 1.165) is 16.8 Å². The number of carbonyl (C=O) groups is 1. The molecule has 0 radical (unpaired) electrons. The Morgan fingerprint density at radius 2 is 1.83 bits per heavy atom. The first-order valence-corrected chi connectivity index (χ1v) is 10.1. The summed E-state index contributed by atoms with van der Waals surface area (Å²) in [4.78, 5) is 20.1. The van der Waals surface area contributed by atoms with Gasteiger partial charge in [-0.2, -0.15) is 0 Å². The van der Waals surface area contributed by atoms with Gasteiger partial charge in [0.25, 0.3) is 0 Å². The fraction of sp³-hybridized carbons (Fsp3) is 0.273. The molecular formula is C22H18ClN3O4. The Balaban J connectivity index is 1.50. The monoisotopic (exact) mass is 423 g/mol. The van der Waals surface area contributed by atoms with Crippen molar-refractivity contribution in [2.24, 2.45) is 7.05 Å². The van der Waals surface area contributed by atoms with Crippen molar-refractivity contribution >= 4 is 23.2 Å². The summed E-state index contributed by atoms with van der Waals surface area (Å²) >= 11 is 6.16. The van der Waals surface area contributed by atoms with Crippen LogP contribution in [0.4, 0.5) is 5.69 Å². The Morgan fingerprint density at radius 3 is 2.60 bits per heavy atom. The van der Waals surface area contributed by atoms with Crippen LogP contribution in [0.2, 0.25) is 5.15 Å². The van der Waals surface area contributed by atoms with E-state index >= 15 is 0 Å². The number of carbonyl (C=O) groups excluding carboxylic acids is 1. The van der Waals surface area contributed by atoms with Crippen molar-refractivity contribution in [2.75, 3.05) is 24.7 Å². The Labute approximate surface area is 177 Å². The Morgan fingerprint density at radius 1 is 1.07 bits per heavy atom. The zero-order valence-electron chi connectivity index (χ0n) is 16.2. The first-order chi connectivity index (χ1) is 14.6. The molecule has 0 saturated heterocycles. The molecule has 30 heavy (non-hydrogen) atoms. The highest BCUT2D eigenvalue weighted by Crippen LogP contribution is 2.54. The second-order valence-electron chi connectivity index (χ2n) is 7.65. The predicted molar refractivity (Wildman–Crippen MR) is 110 cm³/mol. The van der Waals surface area contributed by atoms with E-state index in [9.17, 15) is 4.79 Å². The second-order valence-corrected chi connectivity index (χ2v) is 8.04. The number of anilines is 1. The number of para-hydroxylation sites is 1. The van der Waals surface area contributed by atoms with Gasteiger partial charge < -0.3 is 23.7 Å². The van der Waals surface area contributed by atoms with Crippen LogP contribution in [-0.2, 0) is 23.8 Å². The number of ether oxygens (including phenoxy) is 3. The molecule has 152 valence electrons. The summed E-state index contributed by atoms with van der Waals surface area (Å²) in [6.07, 6.45) is 1.59. The molecule has 3 aliphatic rings. The van der Waals surface area contributed by atoms with Gasteiger partial charge in [-0.15, -0.1) is 0 Å². The van der Waals surface area contributed by atoms with Gasteiger partial charge in [0.15, 0.2) is 11.5 Å². The molecule has 1 amide bonds. The molecular weight excluding hydrogens is 406 g/mol. The summed E-state index contributed by atoms with van der Waals surface area (Å²) in [5, 5.41) is 0.526. The highest BCUT2D eigenvalue weighted by molar-refractivity contribution is 6.29. The maximum Gasteiger partial charge on any atom is 0.246 e. The van der Waals surface area contributed by atoms with Crippen LogP contribution in [0.3, 0.4) is 0 Å². The van der Waals surface area contributed by atoms with Crippen LogP contribution in [0.5, 0.6) is 17.2 Å². The quantitative estimate of drug-likeness (QED) is 0.633. The first-order valence-electron chi connectivity index (χ1n) is 9.74. The van der Waals surface area contributed by atoms with Gasteiger partial charge in [-0.25, -0.2) is 4.98 Å². The second kappa shape index (κ2) is 6.15. The van der Waals surface area contributed by atoms with Crippen molar-refractivity contribution in [3.63, 3.8) is 0 Å². The molecule has 1 aromatic heterocycles. The molecule has 0 N–H and O–H groups in total. The molecule has 0 aliphatic carbocycles. The summed E-state index contributed by atoms with van der Waals surface area (Å²) < 4.78 is 19.3. The van der Waals surface area contributed by atoms with Crippen molar-refractivity contribution < 1.29 is 19.0 Å². The minimum atomic E-state index is -0.920. The molecule has 1 unspecified atom stereocenters. The van der Waals surface area contributed by atoms with Gasteiger partial charge in [-0.3, -0.25) is 4.79 Å². The SMILES string of the molecule is Cn1c(Cl)cnc1CN1C(=O)C2(COc3cc4c(cc32)OCCO4)c2ccccc21. The van der Waals surface area contributed by atoms with Crippen LogP contribution in [-0.4, -0.2) is 35.3 Å². The zero-order valence-corrected chi connectivity index (χ0v) is 17.0. The number of benzene rings is 2. The minimum Gasteiger partial charge on any atom is -0.491 e. The van der Waals surface area contributed by atoms with Crippen molar-refractivity contribution in [1.29, 1.82) is 0 Å². The van der Waals surface area contributed by atoms with E-state index in [4.69, 9.17) is 25.8 Å². The summed E-state index contributed by atoms with van der Waals surface area (Å²) in [7, 11) is 1.84. The molecule has 1 atom stereocenters. The van der Waals surface area contributed by atoms with E-state index in [1.54, 1.807) is 15.7 Å². The molecule has 6 rings (SSSR count). The maximum atomic E-state index is 13.9. The molecule has 0 fully saturated rings. The summed E-state index contributed by atoms with van der Waals surface area (Å²) in [6, 6.07) is 11.6. The normalized spacial score (nSPS) is 21.0. The van der Waals surface area contributed by atoms with Crippen LogP contribution in [0.1, 0.15) is 17.0 Å². The number of rotatable bonds is 2. The van der Waals surface area contributed by atoms with Crippen molar-refractivity contribution in [2.45, 2.75) is 12.0 Å². The highest BCUT2D eigenvalue weighted by atomic mass is 35.5. The third-order valence-electron chi connectivity index (χ3n) is 6.14. The lowest BCUT2D eigenvalue weighted by atomic mass is 9.77. The molecule has 0 bridgehead atoms. The predicted octanol–water partition coefficient (Wildman–Crippen LogP) is 3.07. The van der Waals surface area contributed by atoms with Crippen molar-refractivity contribution in [3.05, 3.63) is 64.7 Å². The first kappa shape index (κ1) is 17.7. The number of aromatic nitrogens is 2. The summed E-state index contributed by atoms with van der Waals surface area (Å²) in [5.74, 6) is 2.61. The van der Waals surface area contributed by atoms with Gasteiger partial charge in [0.1, 0.15) is 42.0 Å². The smallest absolute Gasteiger partial charge is 0.246 e. The summed E-state index contributed by atoms with van der Waals surface area (Å²) in [5.41, 5.74) is 1.67.